The van der Waals surface area contributed by atoms with Crippen LogP contribution >= 0.6 is 0 Å². The minimum absolute atomic E-state index is 0.129. The van der Waals surface area contributed by atoms with Gasteiger partial charge < -0.3 is 14.4 Å². The van der Waals surface area contributed by atoms with Crippen LogP contribution in [-0.2, 0) is 16.1 Å². The van der Waals surface area contributed by atoms with E-state index in [-0.39, 0.29) is 18.3 Å². The summed E-state index contributed by atoms with van der Waals surface area (Å²) in [6, 6.07) is 4.27. The fourth-order valence-corrected chi connectivity index (χ4v) is 1.40. The third-order valence-corrected chi connectivity index (χ3v) is 2.39. The summed E-state index contributed by atoms with van der Waals surface area (Å²) in [4.78, 5) is 13.2. The second kappa shape index (κ2) is 7.08. The van der Waals surface area contributed by atoms with Crippen molar-refractivity contribution in [3.05, 3.63) is 35.1 Å². The second-order valence-electron chi connectivity index (χ2n) is 4.05. The lowest BCUT2D eigenvalue weighted by molar-refractivity contribution is 0.0603. The summed E-state index contributed by atoms with van der Waals surface area (Å²) in [5, 5.41) is 0. The number of methoxy groups -OCH3 is 1. The van der Waals surface area contributed by atoms with Crippen molar-refractivity contribution < 1.29 is 18.7 Å². The Bertz CT molecular complexity index is 407. The highest BCUT2D eigenvalue weighted by Crippen LogP contribution is 2.13. The Morgan fingerprint density at radius 1 is 1.33 bits per heavy atom. The van der Waals surface area contributed by atoms with Crippen LogP contribution in [0.3, 0.4) is 0 Å². The zero-order chi connectivity index (χ0) is 13.5. The highest BCUT2D eigenvalue weighted by atomic mass is 19.1. The normalized spacial score (nSPS) is 10.4. The van der Waals surface area contributed by atoms with Crippen LogP contribution in [0.15, 0.2) is 18.2 Å². The monoisotopic (exact) mass is 255 g/mol. The number of ether oxygens (including phenoxy) is 2. The summed E-state index contributed by atoms with van der Waals surface area (Å²) in [5.74, 6) is -0.532. The van der Waals surface area contributed by atoms with E-state index in [1.165, 1.54) is 23.1 Å². The van der Waals surface area contributed by atoms with Gasteiger partial charge in [-0.1, -0.05) is 0 Å². The molecule has 0 aromatic heterocycles. The van der Waals surface area contributed by atoms with Crippen LogP contribution < -0.4 is 0 Å². The molecule has 0 bridgehead atoms. The van der Waals surface area contributed by atoms with Crippen LogP contribution in [0, 0.1) is 5.82 Å². The average Bonchev–Trinajstić information content (AvgIpc) is 2.35. The molecule has 0 heterocycles. The van der Waals surface area contributed by atoms with Gasteiger partial charge in [0.25, 0.3) is 5.91 Å². The van der Waals surface area contributed by atoms with E-state index in [1.807, 2.05) is 0 Å². The molecule has 1 aromatic carbocycles. The molecule has 0 aliphatic heterocycles. The van der Waals surface area contributed by atoms with Crippen LogP contribution in [-0.4, -0.2) is 45.2 Å². The molecule has 0 radical (unpaired) electrons. The first-order valence-electron chi connectivity index (χ1n) is 5.63. The molecule has 1 amide bonds. The van der Waals surface area contributed by atoms with Gasteiger partial charge in [0.05, 0.1) is 19.8 Å². The van der Waals surface area contributed by atoms with Crippen LogP contribution in [0.4, 0.5) is 4.39 Å². The third-order valence-electron chi connectivity index (χ3n) is 2.39. The summed E-state index contributed by atoms with van der Waals surface area (Å²) in [6.45, 7) is 0.976. The molecule has 0 saturated heterocycles. The van der Waals surface area contributed by atoms with Gasteiger partial charge in [-0.05, 0) is 18.2 Å². The van der Waals surface area contributed by atoms with Crippen LogP contribution in [0.2, 0.25) is 0 Å². The number of rotatable bonds is 6. The lowest BCUT2D eigenvalue weighted by atomic mass is 10.1. The summed E-state index contributed by atoms with van der Waals surface area (Å²) >= 11 is 0. The Morgan fingerprint density at radius 3 is 2.67 bits per heavy atom. The van der Waals surface area contributed by atoms with E-state index in [1.54, 1.807) is 21.2 Å². The number of hydrogen-bond acceptors (Lipinski definition) is 3. The number of benzene rings is 1. The molecule has 5 heteroatoms. The van der Waals surface area contributed by atoms with Gasteiger partial charge in [-0.2, -0.15) is 0 Å². The quantitative estimate of drug-likeness (QED) is 0.726. The van der Waals surface area contributed by atoms with Gasteiger partial charge in [0, 0.05) is 32.3 Å². The molecule has 1 aromatic rings. The SMILES string of the molecule is COCCOCc1cc(C(=O)N(C)C)ccc1F. The van der Waals surface area contributed by atoms with Crippen molar-refractivity contribution in [2.75, 3.05) is 34.4 Å². The molecule has 0 aliphatic carbocycles. The predicted octanol–water partition coefficient (Wildman–Crippen LogP) is 1.69. The number of amides is 1. The molecular weight excluding hydrogens is 237 g/mol. The fraction of sp³-hybridized carbons (Fsp3) is 0.462. The highest BCUT2D eigenvalue weighted by Gasteiger charge is 2.11. The number of hydrogen-bond donors (Lipinski definition) is 0. The minimum atomic E-state index is -0.372. The van der Waals surface area contributed by atoms with Gasteiger partial charge in [0.1, 0.15) is 5.82 Å². The van der Waals surface area contributed by atoms with Crippen LogP contribution in [0.1, 0.15) is 15.9 Å². The van der Waals surface area contributed by atoms with Crippen molar-refractivity contribution in [3.8, 4) is 0 Å². The molecular formula is C13H18FNO3. The maximum atomic E-state index is 13.5. The van der Waals surface area contributed by atoms with Gasteiger partial charge in [0.15, 0.2) is 0 Å². The number of carbonyl (C=O) groups excluding carboxylic acids is 1. The molecule has 0 spiro atoms. The first-order chi connectivity index (χ1) is 8.56. The molecule has 0 aliphatic rings. The Balaban J connectivity index is 2.72. The largest absolute Gasteiger partial charge is 0.382 e. The zero-order valence-electron chi connectivity index (χ0n) is 10.9. The maximum Gasteiger partial charge on any atom is 0.253 e. The van der Waals surface area contributed by atoms with Crippen molar-refractivity contribution in [2.45, 2.75) is 6.61 Å². The topological polar surface area (TPSA) is 38.8 Å². The molecule has 0 unspecified atom stereocenters. The van der Waals surface area contributed by atoms with Crippen molar-refractivity contribution in [2.24, 2.45) is 0 Å². The summed E-state index contributed by atoms with van der Waals surface area (Å²) in [6.07, 6.45) is 0. The van der Waals surface area contributed by atoms with Crippen molar-refractivity contribution in [1.29, 1.82) is 0 Å². The number of nitrogens with zero attached hydrogens (tertiary/aromatic N) is 1. The lowest BCUT2D eigenvalue weighted by Crippen LogP contribution is -2.21. The minimum Gasteiger partial charge on any atom is -0.382 e. The van der Waals surface area contributed by atoms with Gasteiger partial charge in [-0.25, -0.2) is 4.39 Å². The summed E-state index contributed by atoms with van der Waals surface area (Å²) in [5.41, 5.74) is 0.825. The van der Waals surface area contributed by atoms with Crippen LogP contribution in [0.25, 0.3) is 0 Å². The van der Waals surface area contributed by atoms with Crippen molar-refractivity contribution in [3.63, 3.8) is 0 Å². The van der Waals surface area contributed by atoms with Crippen molar-refractivity contribution in [1.82, 2.24) is 4.90 Å². The second-order valence-corrected chi connectivity index (χ2v) is 4.05. The highest BCUT2D eigenvalue weighted by molar-refractivity contribution is 5.94. The summed E-state index contributed by atoms with van der Waals surface area (Å²) in [7, 11) is 4.88. The van der Waals surface area contributed by atoms with E-state index in [2.05, 4.69) is 0 Å². The molecule has 0 saturated carbocycles. The van der Waals surface area contributed by atoms with Crippen LogP contribution in [0.5, 0.6) is 0 Å². The molecule has 18 heavy (non-hydrogen) atoms. The maximum absolute atomic E-state index is 13.5. The Morgan fingerprint density at radius 2 is 2.06 bits per heavy atom. The number of halogens is 1. The fourth-order valence-electron chi connectivity index (χ4n) is 1.40. The first kappa shape index (κ1) is 14.6. The first-order valence-corrected chi connectivity index (χ1v) is 5.63. The Kier molecular flexibility index (Phi) is 5.74. The Hall–Kier alpha value is -1.46. The van der Waals surface area contributed by atoms with E-state index in [0.717, 1.165) is 0 Å². The van der Waals surface area contributed by atoms with E-state index >= 15 is 0 Å². The molecule has 1 rings (SSSR count). The average molecular weight is 255 g/mol. The Labute approximate surface area is 106 Å². The molecule has 0 fully saturated rings. The molecule has 4 nitrogen and oxygen atoms in total. The molecule has 0 atom stereocenters. The summed E-state index contributed by atoms with van der Waals surface area (Å²) < 4.78 is 23.6. The lowest BCUT2D eigenvalue weighted by Gasteiger charge is -2.12. The van der Waals surface area contributed by atoms with Gasteiger partial charge >= 0.3 is 0 Å². The van der Waals surface area contributed by atoms with E-state index in [9.17, 15) is 9.18 Å². The number of carbonyl (C=O) groups is 1. The molecule has 100 valence electrons. The van der Waals surface area contributed by atoms with Gasteiger partial charge in [-0.3, -0.25) is 4.79 Å². The van der Waals surface area contributed by atoms with Gasteiger partial charge in [0.2, 0.25) is 0 Å². The standard InChI is InChI=1S/C13H18FNO3/c1-15(2)13(16)10-4-5-12(14)11(8-10)9-18-7-6-17-3/h4-5,8H,6-7,9H2,1-3H3. The molecule has 0 N–H and O–H groups in total. The van der Waals surface area contributed by atoms with Crippen molar-refractivity contribution >= 4 is 5.91 Å². The zero-order valence-corrected chi connectivity index (χ0v) is 10.9. The van der Waals surface area contributed by atoms with E-state index in [0.29, 0.717) is 24.3 Å². The van der Waals surface area contributed by atoms with E-state index < -0.39 is 0 Å². The predicted molar refractivity (Wildman–Crippen MR) is 65.9 cm³/mol. The smallest absolute Gasteiger partial charge is 0.253 e. The third kappa shape index (κ3) is 4.09. The van der Waals surface area contributed by atoms with Gasteiger partial charge in [-0.15, -0.1) is 0 Å². The van der Waals surface area contributed by atoms with E-state index in [4.69, 9.17) is 9.47 Å².